The van der Waals surface area contributed by atoms with E-state index < -0.39 is 5.41 Å². The summed E-state index contributed by atoms with van der Waals surface area (Å²) in [5.41, 5.74) is -0.812. The predicted molar refractivity (Wildman–Crippen MR) is 69.9 cm³/mol. The highest BCUT2D eigenvalue weighted by Gasteiger charge is 2.40. The molecule has 0 N–H and O–H groups in total. The van der Waals surface area contributed by atoms with Crippen molar-refractivity contribution in [2.45, 2.75) is 46.0 Å². The Hall–Kier alpha value is -1.08. The average Bonchev–Trinajstić information content (AvgIpc) is 2.66. The van der Waals surface area contributed by atoms with E-state index in [1.165, 1.54) is 0 Å². The summed E-state index contributed by atoms with van der Waals surface area (Å²) in [5.74, 6) is 0.0131. The van der Waals surface area contributed by atoms with Crippen LogP contribution in [-0.4, -0.2) is 37.1 Å². The van der Waals surface area contributed by atoms with Crippen molar-refractivity contribution in [3.8, 4) is 6.07 Å². The average molecular weight is 252 g/mol. The van der Waals surface area contributed by atoms with Gasteiger partial charge in [0.25, 0.3) is 0 Å². The van der Waals surface area contributed by atoms with Gasteiger partial charge < -0.3 is 9.64 Å². The van der Waals surface area contributed by atoms with Crippen LogP contribution in [-0.2, 0) is 9.53 Å². The smallest absolute Gasteiger partial charge is 0.243 e. The maximum absolute atomic E-state index is 12.6. The summed E-state index contributed by atoms with van der Waals surface area (Å²) in [7, 11) is 0. The highest BCUT2D eigenvalue weighted by Crippen LogP contribution is 2.31. The zero-order valence-corrected chi connectivity index (χ0v) is 11.6. The number of hydrogen-bond acceptors (Lipinski definition) is 3. The molecule has 0 bridgehead atoms. The second-order valence-corrected chi connectivity index (χ2v) is 4.95. The molecule has 4 nitrogen and oxygen atoms in total. The van der Waals surface area contributed by atoms with Gasteiger partial charge in [-0.15, -0.1) is 0 Å². The number of nitriles is 1. The van der Waals surface area contributed by atoms with Gasteiger partial charge in [-0.3, -0.25) is 4.79 Å². The van der Waals surface area contributed by atoms with E-state index in [-0.39, 0.29) is 5.91 Å². The van der Waals surface area contributed by atoms with E-state index in [0.717, 1.165) is 25.8 Å². The van der Waals surface area contributed by atoms with Crippen molar-refractivity contribution in [3.63, 3.8) is 0 Å². The van der Waals surface area contributed by atoms with E-state index >= 15 is 0 Å². The molecule has 1 aliphatic rings. The summed E-state index contributed by atoms with van der Waals surface area (Å²) in [6.45, 7) is 6.70. The normalized spacial score (nSPS) is 17.1. The second-order valence-electron chi connectivity index (χ2n) is 4.95. The molecule has 0 aromatic heterocycles. The fraction of sp³-hybridized carbons (Fsp3) is 0.857. The Kier molecular flexibility index (Phi) is 6.14. The van der Waals surface area contributed by atoms with Crippen LogP contribution in [0.3, 0.4) is 0 Å². The molecule has 1 rings (SSSR count). The lowest BCUT2D eigenvalue weighted by molar-refractivity contribution is -0.139. The maximum atomic E-state index is 12.6. The van der Waals surface area contributed by atoms with Gasteiger partial charge in [-0.1, -0.05) is 26.7 Å². The van der Waals surface area contributed by atoms with Crippen molar-refractivity contribution in [1.82, 2.24) is 4.90 Å². The van der Waals surface area contributed by atoms with E-state index in [0.29, 0.717) is 32.6 Å². The lowest BCUT2D eigenvalue weighted by Gasteiger charge is -2.31. The fourth-order valence-corrected chi connectivity index (χ4v) is 2.60. The maximum Gasteiger partial charge on any atom is 0.243 e. The number of nitrogens with zero attached hydrogens (tertiary/aromatic N) is 2. The Labute approximate surface area is 110 Å². The molecule has 4 heteroatoms. The van der Waals surface area contributed by atoms with Gasteiger partial charge in [-0.05, 0) is 19.3 Å². The van der Waals surface area contributed by atoms with Crippen molar-refractivity contribution in [3.05, 3.63) is 0 Å². The molecule has 0 radical (unpaired) electrons. The van der Waals surface area contributed by atoms with Crippen molar-refractivity contribution in [2.24, 2.45) is 5.41 Å². The molecule has 1 aliphatic heterocycles. The highest BCUT2D eigenvalue weighted by molar-refractivity contribution is 5.85. The monoisotopic (exact) mass is 252 g/mol. The lowest BCUT2D eigenvalue weighted by Crippen LogP contribution is -2.44. The molecule has 18 heavy (non-hydrogen) atoms. The Balaban J connectivity index is 2.82. The van der Waals surface area contributed by atoms with Crippen LogP contribution in [0.25, 0.3) is 0 Å². The second kappa shape index (κ2) is 7.38. The summed E-state index contributed by atoms with van der Waals surface area (Å²) in [6, 6.07) is 2.30. The van der Waals surface area contributed by atoms with Gasteiger partial charge in [0.05, 0.1) is 12.7 Å². The molecule has 1 saturated heterocycles. The SMILES string of the molecule is CCCC(C#N)(CCC)C(=O)N1CCCOCC1. The molecule has 0 unspecified atom stereocenters. The molecule has 0 aromatic carbocycles. The Morgan fingerprint density at radius 1 is 1.28 bits per heavy atom. The topological polar surface area (TPSA) is 53.3 Å². The van der Waals surface area contributed by atoms with E-state index in [2.05, 4.69) is 6.07 Å². The number of ether oxygens (including phenoxy) is 1. The zero-order valence-electron chi connectivity index (χ0n) is 11.6. The first-order valence-electron chi connectivity index (χ1n) is 6.98. The molecule has 1 fully saturated rings. The Morgan fingerprint density at radius 2 is 1.94 bits per heavy atom. The molecule has 0 saturated carbocycles. The van der Waals surface area contributed by atoms with E-state index in [4.69, 9.17) is 4.74 Å². The lowest BCUT2D eigenvalue weighted by atomic mass is 9.79. The largest absolute Gasteiger partial charge is 0.380 e. The van der Waals surface area contributed by atoms with Crippen LogP contribution in [0.1, 0.15) is 46.0 Å². The van der Waals surface area contributed by atoms with Gasteiger partial charge in [0.2, 0.25) is 5.91 Å². The van der Waals surface area contributed by atoms with Crippen LogP contribution >= 0.6 is 0 Å². The van der Waals surface area contributed by atoms with Crippen molar-refractivity contribution < 1.29 is 9.53 Å². The first kappa shape index (κ1) is 15.0. The van der Waals surface area contributed by atoms with E-state index in [1.807, 2.05) is 18.7 Å². The third-order valence-corrected chi connectivity index (χ3v) is 3.49. The number of rotatable bonds is 5. The van der Waals surface area contributed by atoms with Gasteiger partial charge in [0, 0.05) is 19.7 Å². The predicted octanol–water partition coefficient (Wildman–Crippen LogP) is 2.35. The molecule has 0 aromatic rings. The van der Waals surface area contributed by atoms with Gasteiger partial charge in [0.15, 0.2) is 0 Å². The summed E-state index contributed by atoms with van der Waals surface area (Å²) in [4.78, 5) is 14.5. The molecule has 102 valence electrons. The van der Waals surface area contributed by atoms with Crippen LogP contribution in [0.15, 0.2) is 0 Å². The summed E-state index contributed by atoms with van der Waals surface area (Å²) in [6.07, 6.45) is 3.92. The standard InChI is InChI=1S/C14H24N2O2/c1-3-6-14(12-15,7-4-2)13(17)16-8-5-10-18-11-9-16/h3-11H2,1-2H3. The zero-order chi connectivity index (χ0) is 13.4. The third kappa shape index (κ3) is 3.46. The number of carbonyl (C=O) groups is 1. The van der Waals surface area contributed by atoms with Crippen LogP contribution < -0.4 is 0 Å². The molecule has 1 heterocycles. The first-order valence-corrected chi connectivity index (χ1v) is 6.98. The molecule has 0 aliphatic carbocycles. The van der Waals surface area contributed by atoms with Gasteiger partial charge in [0.1, 0.15) is 5.41 Å². The molecular formula is C14H24N2O2. The third-order valence-electron chi connectivity index (χ3n) is 3.49. The Morgan fingerprint density at radius 3 is 2.50 bits per heavy atom. The molecule has 1 amide bonds. The number of carbonyl (C=O) groups excluding carboxylic acids is 1. The van der Waals surface area contributed by atoms with Gasteiger partial charge in [-0.2, -0.15) is 5.26 Å². The van der Waals surface area contributed by atoms with Crippen LogP contribution in [0.2, 0.25) is 0 Å². The quantitative estimate of drug-likeness (QED) is 0.754. The minimum Gasteiger partial charge on any atom is -0.380 e. The summed E-state index contributed by atoms with van der Waals surface area (Å²) >= 11 is 0. The highest BCUT2D eigenvalue weighted by atomic mass is 16.5. The van der Waals surface area contributed by atoms with Crippen LogP contribution in [0.4, 0.5) is 0 Å². The van der Waals surface area contributed by atoms with Gasteiger partial charge in [-0.25, -0.2) is 0 Å². The fourth-order valence-electron chi connectivity index (χ4n) is 2.60. The molecule has 0 atom stereocenters. The van der Waals surface area contributed by atoms with E-state index in [1.54, 1.807) is 0 Å². The van der Waals surface area contributed by atoms with Crippen molar-refractivity contribution in [1.29, 1.82) is 5.26 Å². The first-order chi connectivity index (χ1) is 8.70. The minimum absolute atomic E-state index is 0.0131. The summed E-state index contributed by atoms with van der Waals surface area (Å²) < 4.78 is 5.36. The van der Waals surface area contributed by atoms with Crippen molar-refractivity contribution >= 4 is 5.91 Å². The molecular weight excluding hydrogens is 228 g/mol. The van der Waals surface area contributed by atoms with Crippen LogP contribution in [0, 0.1) is 16.7 Å². The number of amides is 1. The van der Waals surface area contributed by atoms with Gasteiger partial charge >= 0.3 is 0 Å². The van der Waals surface area contributed by atoms with Crippen molar-refractivity contribution in [2.75, 3.05) is 26.3 Å². The van der Waals surface area contributed by atoms with E-state index in [9.17, 15) is 10.1 Å². The minimum atomic E-state index is -0.812. The number of hydrogen-bond donors (Lipinski definition) is 0. The molecule has 0 spiro atoms. The Bertz CT molecular complexity index is 295. The van der Waals surface area contributed by atoms with Crippen LogP contribution in [0.5, 0.6) is 0 Å². The summed E-state index contributed by atoms with van der Waals surface area (Å²) in [5, 5.41) is 9.48.